The molecule has 16 rings (SSSR count). The Morgan fingerprint density at radius 2 is 0.371 bits per heavy atom. The number of nitrogens with zero attached hydrogens (tertiary/aromatic N) is 4. The summed E-state index contributed by atoms with van der Waals surface area (Å²) in [6, 6.07) is 108. The van der Waals surface area contributed by atoms with Crippen molar-refractivity contribution >= 4 is 0 Å². The van der Waals surface area contributed by atoms with Crippen molar-refractivity contribution in [2.45, 2.75) is 55.2 Å². The molecule has 0 N–H and O–H groups in total. The van der Waals surface area contributed by atoms with E-state index in [4.69, 9.17) is 8.22 Å². The highest BCUT2D eigenvalue weighted by molar-refractivity contribution is 5.83. The molecule has 560 valence electrons. The Labute approximate surface area is 696 Å². The normalized spacial score (nSPS) is 11.3. The quantitative estimate of drug-likeness (QED) is 0.0856. The van der Waals surface area contributed by atoms with Gasteiger partial charge in [-0.1, -0.05) is 194 Å². The summed E-state index contributed by atoms with van der Waals surface area (Å²) in [6.07, 6.45) is 16.5. The van der Waals surface area contributed by atoms with Crippen LogP contribution in [0.4, 0.5) is 0 Å². The van der Waals surface area contributed by atoms with E-state index in [0.29, 0.717) is 16.7 Å². The van der Waals surface area contributed by atoms with Crippen molar-refractivity contribution in [3.8, 4) is 181 Å². The van der Waals surface area contributed by atoms with E-state index in [-0.39, 0.29) is 0 Å². The van der Waals surface area contributed by atoms with Crippen LogP contribution < -0.4 is 18.3 Å². The fraction of sp³-hybridized carbons (Fsp3) is 0.107. The average Bonchev–Trinajstić information content (AvgIpc) is 0.795. The van der Waals surface area contributed by atoms with Gasteiger partial charge in [0.2, 0.25) is 0 Å². The van der Waals surface area contributed by atoms with Gasteiger partial charge in [-0.05, 0) is 310 Å². The molecule has 0 aliphatic rings. The number of hydrogen-bond acceptors (Lipinski definition) is 0. The Morgan fingerprint density at radius 1 is 0.190 bits per heavy atom. The first-order valence-electron chi connectivity index (χ1n) is 41.8. The lowest BCUT2D eigenvalue weighted by Crippen LogP contribution is -2.26. The minimum atomic E-state index is -2.19. The van der Waals surface area contributed by atoms with Crippen LogP contribution in [-0.2, 0) is 28.2 Å². The number of aryl methyl sites for hydroxylation is 8. The molecular formula is C112H96N4+4. The minimum Gasteiger partial charge on any atom is -0.207 e. The zero-order valence-corrected chi connectivity index (χ0v) is 67.4. The largest absolute Gasteiger partial charge is 0.207 e. The third-order valence-corrected chi connectivity index (χ3v) is 19.8. The third-order valence-electron chi connectivity index (χ3n) is 19.8. The summed E-state index contributed by atoms with van der Waals surface area (Å²) in [7, 11) is 8.08. The maximum absolute atomic E-state index is 7.99. The second-order valence-corrected chi connectivity index (χ2v) is 29.0. The molecule has 0 amide bonds. The molecule has 4 heteroatoms. The van der Waals surface area contributed by atoms with E-state index in [1.807, 2.05) is 123 Å². The molecular weight excluding hydrogens is 1400 g/mol. The van der Waals surface area contributed by atoms with Crippen molar-refractivity contribution in [3.05, 3.63) is 410 Å². The van der Waals surface area contributed by atoms with E-state index >= 15 is 0 Å². The molecule has 16 aromatic rings. The van der Waals surface area contributed by atoms with E-state index in [9.17, 15) is 0 Å². The van der Waals surface area contributed by atoms with Crippen LogP contribution in [0.15, 0.2) is 365 Å². The Kier molecular flexibility index (Phi) is 23.6. The summed E-state index contributed by atoms with van der Waals surface area (Å²) in [6.45, 7) is 7.24. The maximum atomic E-state index is 7.99. The molecule has 0 aliphatic heterocycles. The SMILES string of the molecule is CC#Cc1cc(C)cc(-c2cccc(-c3cccc(-c4ccc[n+](C)c4)c3)c2)c1.CC#Cc1cccc(-c2cc(C)cc(-c3cccc(-c4ccc[n+](C)c4)c3)c2)c1.[2H]C([2H])([2H])c1cc(-c2cccc(-c3cccc(C#CC)c3)c2)cc(-c2ccc[n+](C)c2)c1.[2H]C([2H])([2H])c1cc(C#CC)cc(-c2cccc(-c3cccc(-c4ccc[n+](C)c4)c3)c2)c1. The molecule has 0 saturated carbocycles. The van der Waals surface area contributed by atoms with Gasteiger partial charge < -0.3 is 0 Å². The fourth-order valence-corrected chi connectivity index (χ4v) is 14.4. The number of aromatic nitrogens is 4. The molecule has 0 fully saturated rings. The standard InChI is InChI=1S/4C28H24N/c2*1-4-8-22-15-21(2)16-28(17-22)26-12-6-10-24(19-26)23-9-5-11-25(18-23)27-13-7-14-29(3)20-27;1-4-8-22-9-5-10-23(17-22)27-15-21(2)16-28(19-27)25-12-6-11-24(18-25)26-13-7-14-29(3)20-26;1-4-8-22-9-5-10-23(17-22)24-11-6-12-25(18-24)27-15-21(2)16-28(19-27)26-13-7-14-29(3)20-26/h4*5-7,9-20H,1-3H3/q4*+1/i2D3;;;2D3. The van der Waals surface area contributed by atoms with Gasteiger partial charge in [-0.15, -0.1) is 23.7 Å². The van der Waals surface area contributed by atoms with Gasteiger partial charge in [0.05, 0.1) is 0 Å². The van der Waals surface area contributed by atoms with Crippen LogP contribution in [0.3, 0.4) is 0 Å². The Balaban J connectivity index is 0.000000140. The molecule has 0 atom stereocenters. The van der Waals surface area contributed by atoms with Crippen LogP contribution in [0.1, 0.15) is 80.4 Å². The van der Waals surface area contributed by atoms with Crippen molar-refractivity contribution in [2.75, 3.05) is 0 Å². The molecule has 0 saturated heterocycles. The number of rotatable bonds is 12. The Bertz CT molecular complexity index is 6800. The van der Waals surface area contributed by atoms with Crippen molar-refractivity contribution in [1.29, 1.82) is 0 Å². The van der Waals surface area contributed by atoms with Gasteiger partial charge in [-0.3, -0.25) is 0 Å². The van der Waals surface area contributed by atoms with Crippen LogP contribution >= 0.6 is 0 Å². The summed E-state index contributed by atoms with van der Waals surface area (Å²) in [5, 5.41) is 0. The van der Waals surface area contributed by atoms with Gasteiger partial charge in [-0.25, -0.2) is 18.3 Å². The summed E-state index contributed by atoms with van der Waals surface area (Å²) < 4.78 is 55.7. The smallest absolute Gasteiger partial charge is 0.176 e. The van der Waals surface area contributed by atoms with Crippen molar-refractivity contribution in [1.82, 2.24) is 0 Å². The van der Waals surface area contributed by atoms with Crippen molar-refractivity contribution in [2.24, 2.45) is 28.2 Å². The monoisotopic (exact) mass is 1500 g/mol. The van der Waals surface area contributed by atoms with Crippen LogP contribution in [0.2, 0.25) is 0 Å². The van der Waals surface area contributed by atoms with Crippen LogP contribution in [-0.4, -0.2) is 0 Å². The third kappa shape index (κ3) is 21.2. The first-order chi connectivity index (χ1) is 58.9. The highest BCUT2D eigenvalue weighted by Gasteiger charge is 2.14. The molecule has 4 heterocycles. The molecule has 0 bridgehead atoms. The summed E-state index contributed by atoms with van der Waals surface area (Å²) in [4.78, 5) is 0. The van der Waals surface area contributed by atoms with Crippen LogP contribution in [0.25, 0.3) is 134 Å². The highest BCUT2D eigenvalue weighted by Crippen LogP contribution is 2.36. The molecule has 4 nitrogen and oxygen atoms in total. The highest BCUT2D eigenvalue weighted by atomic mass is 14.9. The first-order valence-corrected chi connectivity index (χ1v) is 38.8. The predicted octanol–water partition coefficient (Wildman–Crippen LogP) is 24.8. The number of hydrogen-bond donors (Lipinski definition) is 0. The van der Waals surface area contributed by atoms with E-state index in [1.165, 1.54) is 77.9 Å². The molecule has 0 aliphatic carbocycles. The average molecular weight is 1500 g/mol. The number of pyridine rings is 4. The zero-order valence-electron chi connectivity index (χ0n) is 73.4. The van der Waals surface area contributed by atoms with Crippen molar-refractivity contribution < 1.29 is 26.5 Å². The second kappa shape index (κ2) is 38.1. The lowest BCUT2D eigenvalue weighted by Gasteiger charge is -2.10. The van der Waals surface area contributed by atoms with Crippen LogP contribution in [0, 0.1) is 74.9 Å². The summed E-state index contributed by atoms with van der Waals surface area (Å²) in [5.41, 5.74) is 33.7. The predicted molar refractivity (Wildman–Crippen MR) is 485 cm³/mol. The Hall–Kier alpha value is -14.5. The first kappa shape index (κ1) is 71.8. The molecule has 0 spiro atoms. The molecule has 4 aromatic heterocycles. The van der Waals surface area contributed by atoms with Gasteiger partial charge in [0, 0.05) is 77.0 Å². The van der Waals surface area contributed by atoms with Gasteiger partial charge >= 0.3 is 0 Å². The number of benzene rings is 12. The summed E-state index contributed by atoms with van der Waals surface area (Å²) in [5.74, 6) is 24.2. The van der Waals surface area contributed by atoms with E-state index < -0.39 is 13.7 Å². The van der Waals surface area contributed by atoms with E-state index in [1.54, 1.807) is 31.2 Å². The topological polar surface area (TPSA) is 15.5 Å². The molecule has 116 heavy (non-hydrogen) atoms. The van der Waals surface area contributed by atoms with Gasteiger partial charge in [0.1, 0.15) is 28.2 Å². The zero-order chi connectivity index (χ0) is 85.9. The van der Waals surface area contributed by atoms with Crippen molar-refractivity contribution in [3.63, 3.8) is 0 Å². The van der Waals surface area contributed by atoms with Gasteiger partial charge in [0.15, 0.2) is 49.6 Å². The Morgan fingerprint density at radius 3 is 0.664 bits per heavy atom. The van der Waals surface area contributed by atoms with Gasteiger partial charge in [0.25, 0.3) is 0 Å². The lowest BCUT2D eigenvalue weighted by atomic mass is 9.94. The molecule has 0 unspecified atom stereocenters. The molecule has 0 radical (unpaired) electrons. The van der Waals surface area contributed by atoms with Gasteiger partial charge in [-0.2, -0.15) is 0 Å². The lowest BCUT2D eigenvalue weighted by molar-refractivity contribution is -0.671. The van der Waals surface area contributed by atoms with E-state index in [2.05, 4.69) is 346 Å². The minimum absolute atomic E-state index is 0.303. The summed E-state index contributed by atoms with van der Waals surface area (Å²) >= 11 is 0. The van der Waals surface area contributed by atoms with Crippen LogP contribution in [0.5, 0.6) is 0 Å². The van der Waals surface area contributed by atoms with E-state index in [0.717, 1.165) is 83.5 Å². The molecule has 12 aromatic carbocycles. The second-order valence-electron chi connectivity index (χ2n) is 29.0. The maximum Gasteiger partial charge on any atom is 0.176 e. The fourth-order valence-electron chi connectivity index (χ4n) is 14.4.